The number of ether oxygens (including phenoxy) is 1. The third-order valence-corrected chi connectivity index (χ3v) is 1.30. The first kappa shape index (κ1) is 11.9. The van der Waals surface area contributed by atoms with Gasteiger partial charge >= 0.3 is 0 Å². The minimum absolute atomic E-state index is 0.204. The lowest BCUT2D eigenvalue weighted by Crippen LogP contribution is -2.17. The van der Waals surface area contributed by atoms with E-state index in [1.54, 1.807) is 0 Å². The third kappa shape index (κ3) is 8.85. The summed E-state index contributed by atoms with van der Waals surface area (Å²) in [6, 6.07) is 0. The fourth-order valence-electron chi connectivity index (χ4n) is 0.709. The van der Waals surface area contributed by atoms with Crippen LogP contribution in [0.25, 0.3) is 0 Å². The lowest BCUT2D eigenvalue weighted by molar-refractivity contribution is -0.138. The molecule has 4 heteroatoms. The van der Waals surface area contributed by atoms with E-state index in [1.807, 2.05) is 20.8 Å². The van der Waals surface area contributed by atoms with Gasteiger partial charge in [-0.25, -0.2) is 0 Å². The van der Waals surface area contributed by atoms with Crippen molar-refractivity contribution < 1.29 is 14.3 Å². The average molecular weight is 187 g/mol. The first-order valence-corrected chi connectivity index (χ1v) is 4.34. The molecule has 0 spiro atoms. The summed E-state index contributed by atoms with van der Waals surface area (Å²) in [7, 11) is 0. The summed E-state index contributed by atoms with van der Waals surface area (Å²) in [5, 5.41) is 2.68. The van der Waals surface area contributed by atoms with Crippen LogP contribution in [0.3, 0.4) is 0 Å². The lowest BCUT2D eigenvalue weighted by Gasteiger charge is -2.14. The summed E-state index contributed by atoms with van der Waals surface area (Å²) in [5.41, 5.74) is -0.318. The molecular formula is C9H17NO3. The summed E-state index contributed by atoms with van der Waals surface area (Å²) in [4.78, 5) is 19.7. The van der Waals surface area contributed by atoms with Gasteiger partial charge in [0.15, 0.2) is 0 Å². The fourth-order valence-corrected chi connectivity index (χ4v) is 0.709. The quantitative estimate of drug-likeness (QED) is 0.619. The highest BCUT2D eigenvalue weighted by Crippen LogP contribution is 2.02. The Hall–Kier alpha value is -1.06. The van der Waals surface area contributed by atoms with Crippen LogP contribution < -0.4 is 5.32 Å². The number of carbonyl (C=O) groups excluding carboxylic acids is 2. The van der Waals surface area contributed by atoms with E-state index in [9.17, 15) is 9.59 Å². The minimum Gasteiger partial charge on any atom is -0.462 e. The van der Waals surface area contributed by atoms with Crippen LogP contribution in [0.15, 0.2) is 0 Å². The summed E-state index contributed by atoms with van der Waals surface area (Å²) in [6.07, 6.45) is 1.76. The normalized spacial score (nSPS) is 15.5. The van der Waals surface area contributed by atoms with Gasteiger partial charge in [0.2, 0.25) is 5.91 Å². The molecule has 0 bridgehead atoms. The Morgan fingerprint density at radius 2 is 2.08 bits per heavy atom. The Balaban J connectivity index is 0.000000223. The molecule has 1 saturated heterocycles. The van der Waals surface area contributed by atoms with Crippen LogP contribution in [0.5, 0.6) is 0 Å². The van der Waals surface area contributed by atoms with Gasteiger partial charge in [-0.1, -0.05) is 0 Å². The second kappa shape index (κ2) is 5.56. The molecule has 0 radical (unpaired) electrons. The van der Waals surface area contributed by atoms with Crippen molar-refractivity contribution in [1.82, 2.24) is 5.32 Å². The van der Waals surface area contributed by atoms with Crippen molar-refractivity contribution in [2.24, 2.45) is 0 Å². The molecule has 0 aromatic heterocycles. The molecule has 0 unspecified atom stereocenters. The van der Waals surface area contributed by atoms with Crippen molar-refractivity contribution in [2.75, 3.05) is 6.54 Å². The Labute approximate surface area is 78.6 Å². The van der Waals surface area contributed by atoms with Gasteiger partial charge < -0.3 is 10.1 Å². The zero-order valence-corrected chi connectivity index (χ0v) is 8.42. The predicted octanol–water partition coefficient (Wildman–Crippen LogP) is 0.854. The van der Waals surface area contributed by atoms with Gasteiger partial charge in [0.25, 0.3) is 6.47 Å². The van der Waals surface area contributed by atoms with Gasteiger partial charge in [-0.2, -0.15) is 0 Å². The maximum absolute atomic E-state index is 10.1. The van der Waals surface area contributed by atoms with Crippen molar-refractivity contribution in [3.63, 3.8) is 0 Å². The molecule has 76 valence electrons. The van der Waals surface area contributed by atoms with Crippen LogP contribution in [0, 0.1) is 0 Å². The molecule has 1 aliphatic rings. The second-order valence-electron chi connectivity index (χ2n) is 3.78. The van der Waals surface area contributed by atoms with Gasteiger partial charge in [0.1, 0.15) is 5.60 Å². The van der Waals surface area contributed by atoms with Crippen LogP contribution in [-0.4, -0.2) is 24.5 Å². The molecule has 1 amide bonds. The fraction of sp³-hybridized carbons (Fsp3) is 0.778. The first-order chi connectivity index (χ1) is 5.95. The zero-order valence-electron chi connectivity index (χ0n) is 8.42. The largest absolute Gasteiger partial charge is 0.462 e. The summed E-state index contributed by atoms with van der Waals surface area (Å²) in [5.74, 6) is 0.204. The maximum Gasteiger partial charge on any atom is 0.293 e. The number of amides is 1. The number of rotatable bonds is 1. The molecule has 1 fully saturated rings. The van der Waals surface area contributed by atoms with Gasteiger partial charge in [0, 0.05) is 13.0 Å². The van der Waals surface area contributed by atoms with Crippen LogP contribution >= 0.6 is 0 Å². The van der Waals surface area contributed by atoms with Crippen molar-refractivity contribution in [3.8, 4) is 0 Å². The molecule has 1 N–H and O–H groups in total. The number of carbonyl (C=O) groups is 2. The molecule has 0 atom stereocenters. The van der Waals surface area contributed by atoms with Gasteiger partial charge in [0.05, 0.1) is 0 Å². The molecule has 0 aliphatic carbocycles. The monoisotopic (exact) mass is 187 g/mol. The molecule has 1 rings (SSSR count). The van der Waals surface area contributed by atoms with Crippen LogP contribution in [-0.2, 0) is 14.3 Å². The summed E-state index contributed by atoms with van der Waals surface area (Å²) >= 11 is 0. The molecule has 0 aromatic carbocycles. The smallest absolute Gasteiger partial charge is 0.293 e. The average Bonchev–Trinajstić information content (AvgIpc) is 2.38. The Kier molecular flexibility index (Phi) is 5.11. The van der Waals surface area contributed by atoms with Crippen LogP contribution in [0.1, 0.15) is 33.6 Å². The highest BCUT2D eigenvalue weighted by atomic mass is 16.5. The van der Waals surface area contributed by atoms with Gasteiger partial charge in [-0.3, -0.25) is 9.59 Å². The van der Waals surface area contributed by atoms with Crippen molar-refractivity contribution in [3.05, 3.63) is 0 Å². The Morgan fingerprint density at radius 1 is 1.46 bits per heavy atom. The summed E-state index contributed by atoms with van der Waals surface area (Å²) in [6.45, 7) is 6.81. The van der Waals surface area contributed by atoms with E-state index in [0.717, 1.165) is 19.4 Å². The van der Waals surface area contributed by atoms with Crippen LogP contribution in [0.2, 0.25) is 0 Å². The van der Waals surface area contributed by atoms with Crippen molar-refractivity contribution in [1.29, 1.82) is 0 Å². The molecule has 1 aliphatic heterocycles. The standard InChI is InChI=1S/C5H10O2.C4H7NO/c1-5(2,3)7-4-6;6-4-2-1-3-5-4/h4H,1-3H3;1-3H2,(H,5,6). The molecule has 0 saturated carbocycles. The van der Waals surface area contributed by atoms with Crippen molar-refractivity contribution in [2.45, 2.75) is 39.2 Å². The topological polar surface area (TPSA) is 55.4 Å². The maximum atomic E-state index is 10.1. The molecule has 13 heavy (non-hydrogen) atoms. The zero-order chi connectivity index (χ0) is 10.3. The SMILES string of the molecule is CC(C)(C)OC=O.O=C1CCCN1. The van der Waals surface area contributed by atoms with Crippen LogP contribution in [0.4, 0.5) is 0 Å². The molecular weight excluding hydrogens is 170 g/mol. The first-order valence-electron chi connectivity index (χ1n) is 4.34. The van der Waals surface area contributed by atoms with E-state index >= 15 is 0 Å². The highest BCUT2D eigenvalue weighted by molar-refractivity contribution is 5.77. The van der Waals surface area contributed by atoms with E-state index in [4.69, 9.17) is 0 Å². The second-order valence-corrected chi connectivity index (χ2v) is 3.78. The van der Waals surface area contributed by atoms with Crippen molar-refractivity contribution >= 4 is 12.4 Å². The molecule has 4 nitrogen and oxygen atoms in total. The number of hydrogen-bond acceptors (Lipinski definition) is 3. The predicted molar refractivity (Wildman–Crippen MR) is 49.1 cm³/mol. The van der Waals surface area contributed by atoms with E-state index < -0.39 is 0 Å². The number of hydrogen-bond donors (Lipinski definition) is 1. The Morgan fingerprint density at radius 3 is 2.15 bits per heavy atom. The van der Waals surface area contributed by atoms with E-state index in [0.29, 0.717) is 6.47 Å². The summed E-state index contributed by atoms with van der Waals surface area (Å²) < 4.78 is 4.55. The highest BCUT2D eigenvalue weighted by Gasteiger charge is 2.07. The molecule has 1 heterocycles. The third-order valence-electron chi connectivity index (χ3n) is 1.30. The number of nitrogens with one attached hydrogen (secondary N) is 1. The lowest BCUT2D eigenvalue weighted by atomic mass is 10.2. The van der Waals surface area contributed by atoms with E-state index in [1.165, 1.54) is 0 Å². The molecule has 0 aromatic rings. The van der Waals surface area contributed by atoms with Gasteiger partial charge in [-0.15, -0.1) is 0 Å². The van der Waals surface area contributed by atoms with E-state index in [2.05, 4.69) is 10.1 Å². The minimum atomic E-state index is -0.318. The Bertz CT molecular complexity index is 164. The van der Waals surface area contributed by atoms with Gasteiger partial charge in [-0.05, 0) is 27.2 Å². The van der Waals surface area contributed by atoms with E-state index in [-0.39, 0.29) is 11.5 Å².